The third kappa shape index (κ3) is 2.92. The molecule has 0 aliphatic heterocycles. The van der Waals surface area contributed by atoms with Crippen molar-refractivity contribution in [3.63, 3.8) is 0 Å². The number of hydrogen-bond acceptors (Lipinski definition) is 5. The fourth-order valence-corrected chi connectivity index (χ4v) is 1.74. The number of nitrogens with one attached hydrogen (secondary N) is 1. The fraction of sp³-hybridized carbons (Fsp3) is 0.500. The number of nitrogens with two attached hydrogens (primary N) is 1. The molecule has 0 amide bonds. The number of nitrogens with zero attached hydrogens (tertiary/aromatic N) is 2. The normalized spacial score (nSPS) is 12.5. The van der Waals surface area contributed by atoms with Crippen LogP contribution in [0.2, 0.25) is 5.02 Å². The number of nitrogen functional groups attached to an aromatic ring is 1. The van der Waals surface area contributed by atoms with Crippen LogP contribution in [0.3, 0.4) is 0 Å². The quantitative estimate of drug-likeness (QED) is 0.830. The Labute approximate surface area is 92.6 Å². The highest BCUT2D eigenvalue weighted by Gasteiger charge is 2.08. The molecule has 1 unspecified atom stereocenters. The van der Waals surface area contributed by atoms with Gasteiger partial charge in [-0.2, -0.15) is 11.8 Å². The molecule has 0 bridgehead atoms. The molecule has 1 aromatic heterocycles. The summed E-state index contributed by atoms with van der Waals surface area (Å²) in [7, 11) is 0. The first-order valence-electron chi connectivity index (χ1n) is 4.16. The summed E-state index contributed by atoms with van der Waals surface area (Å²) >= 11 is 7.68. The lowest BCUT2D eigenvalue weighted by Gasteiger charge is -2.14. The van der Waals surface area contributed by atoms with E-state index in [4.69, 9.17) is 17.3 Å². The molecule has 0 aromatic carbocycles. The van der Waals surface area contributed by atoms with E-state index in [-0.39, 0.29) is 0 Å². The summed E-state index contributed by atoms with van der Waals surface area (Å²) < 4.78 is 0. The molecular weight excluding hydrogens is 220 g/mol. The summed E-state index contributed by atoms with van der Waals surface area (Å²) in [5.41, 5.74) is 5.54. The number of thioether (sulfide) groups is 1. The van der Waals surface area contributed by atoms with Gasteiger partial charge in [0, 0.05) is 11.8 Å². The Balaban J connectivity index is 2.71. The summed E-state index contributed by atoms with van der Waals surface area (Å²) in [6.07, 6.45) is 3.45. The van der Waals surface area contributed by atoms with E-state index < -0.39 is 0 Å². The van der Waals surface area contributed by atoms with Crippen LogP contribution >= 0.6 is 23.4 Å². The molecule has 0 saturated heterocycles. The molecule has 1 aromatic rings. The molecule has 6 heteroatoms. The van der Waals surface area contributed by atoms with Gasteiger partial charge in [-0.25, -0.2) is 9.97 Å². The van der Waals surface area contributed by atoms with Gasteiger partial charge < -0.3 is 11.1 Å². The molecule has 78 valence electrons. The molecule has 0 spiro atoms. The maximum atomic E-state index is 5.92. The molecular formula is C8H13ClN4S. The van der Waals surface area contributed by atoms with E-state index in [1.165, 1.54) is 6.33 Å². The summed E-state index contributed by atoms with van der Waals surface area (Å²) in [4.78, 5) is 7.80. The van der Waals surface area contributed by atoms with Crippen LogP contribution in [0, 0.1) is 0 Å². The number of halogens is 1. The Bertz CT molecular complexity index is 307. The lowest BCUT2D eigenvalue weighted by atomic mass is 10.4. The van der Waals surface area contributed by atoms with Crippen LogP contribution in [-0.2, 0) is 0 Å². The second-order valence-corrected chi connectivity index (χ2v) is 4.21. The monoisotopic (exact) mass is 232 g/mol. The third-order valence-corrected chi connectivity index (χ3v) is 2.82. The van der Waals surface area contributed by atoms with Crippen LogP contribution in [-0.4, -0.2) is 28.0 Å². The van der Waals surface area contributed by atoms with E-state index >= 15 is 0 Å². The largest absolute Gasteiger partial charge is 0.382 e. The minimum atomic E-state index is 0.303. The average molecular weight is 233 g/mol. The van der Waals surface area contributed by atoms with Crippen molar-refractivity contribution in [3.8, 4) is 0 Å². The van der Waals surface area contributed by atoms with E-state index in [9.17, 15) is 0 Å². The summed E-state index contributed by atoms with van der Waals surface area (Å²) in [6, 6.07) is 0.303. The summed E-state index contributed by atoms with van der Waals surface area (Å²) in [6.45, 7) is 2.06. The molecule has 4 nitrogen and oxygen atoms in total. The Kier molecular flexibility index (Phi) is 4.28. The van der Waals surface area contributed by atoms with Crippen molar-refractivity contribution in [1.29, 1.82) is 0 Å². The van der Waals surface area contributed by atoms with Crippen molar-refractivity contribution < 1.29 is 0 Å². The van der Waals surface area contributed by atoms with Crippen molar-refractivity contribution >= 4 is 35.0 Å². The smallest absolute Gasteiger partial charge is 0.150 e. The first-order chi connectivity index (χ1) is 6.65. The van der Waals surface area contributed by atoms with Crippen LogP contribution in [0.25, 0.3) is 0 Å². The molecule has 0 aliphatic rings. The van der Waals surface area contributed by atoms with E-state index in [2.05, 4.69) is 22.2 Å². The van der Waals surface area contributed by atoms with E-state index in [1.807, 2.05) is 6.26 Å². The highest BCUT2D eigenvalue weighted by molar-refractivity contribution is 7.98. The Morgan fingerprint density at radius 1 is 1.64 bits per heavy atom. The van der Waals surface area contributed by atoms with Crippen molar-refractivity contribution in [3.05, 3.63) is 11.3 Å². The van der Waals surface area contributed by atoms with Gasteiger partial charge >= 0.3 is 0 Å². The van der Waals surface area contributed by atoms with Crippen LogP contribution < -0.4 is 11.1 Å². The Morgan fingerprint density at radius 3 is 3.00 bits per heavy atom. The molecule has 14 heavy (non-hydrogen) atoms. The second-order valence-electron chi connectivity index (χ2n) is 2.92. The van der Waals surface area contributed by atoms with Gasteiger partial charge in [-0.15, -0.1) is 0 Å². The van der Waals surface area contributed by atoms with Crippen molar-refractivity contribution in [2.75, 3.05) is 23.1 Å². The maximum absolute atomic E-state index is 5.92. The van der Waals surface area contributed by atoms with Crippen LogP contribution in [0.4, 0.5) is 11.6 Å². The predicted molar refractivity (Wildman–Crippen MR) is 62.9 cm³/mol. The Morgan fingerprint density at radius 2 is 2.36 bits per heavy atom. The van der Waals surface area contributed by atoms with Gasteiger partial charge in [-0.05, 0) is 13.2 Å². The van der Waals surface area contributed by atoms with Crippen LogP contribution in [0.5, 0.6) is 0 Å². The van der Waals surface area contributed by atoms with Gasteiger partial charge in [0.15, 0.2) is 5.82 Å². The van der Waals surface area contributed by atoms with Gasteiger partial charge in [0.25, 0.3) is 0 Å². The first-order valence-corrected chi connectivity index (χ1v) is 5.93. The van der Waals surface area contributed by atoms with Gasteiger partial charge in [0.1, 0.15) is 17.2 Å². The molecule has 1 heterocycles. The van der Waals surface area contributed by atoms with Crippen molar-refractivity contribution in [2.24, 2.45) is 0 Å². The maximum Gasteiger partial charge on any atom is 0.150 e. The molecule has 3 N–H and O–H groups in total. The topological polar surface area (TPSA) is 63.8 Å². The van der Waals surface area contributed by atoms with Gasteiger partial charge in [0.2, 0.25) is 0 Å². The molecule has 0 fully saturated rings. The van der Waals surface area contributed by atoms with E-state index in [0.29, 0.717) is 22.7 Å². The summed E-state index contributed by atoms with van der Waals surface area (Å²) in [5, 5.41) is 3.56. The number of aromatic nitrogens is 2. The zero-order valence-electron chi connectivity index (χ0n) is 8.12. The van der Waals surface area contributed by atoms with Crippen molar-refractivity contribution in [1.82, 2.24) is 9.97 Å². The SMILES string of the molecule is CSCC(C)Nc1ncnc(N)c1Cl. The zero-order valence-corrected chi connectivity index (χ0v) is 9.69. The molecule has 0 aliphatic carbocycles. The lowest BCUT2D eigenvalue weighted by molar-refractivity contribution is 0.900. The fourth-order valence-electron chi connectivity index (χ4n) is 1.01. The number of anilines is 2. The number of hydrogen-bond donors (Lipinski definition) is 2. The van der Waals surface area contributed by atoms with Gasteiger partial charge in [-0.1, -0.05) is 11.6 Å². The first kappa shape index (κ1) is 11.4. The zero-order chi connectivity index (χ0) is 10.6. The Hall–Kier alpha value is -0.680. The number of rotatable bonds is 4. The van der Waals surface area contributed by atoms with E-state index in [1.54, 1.807) is 11.8 Å². The molecule has 0 radical (unpaired) electrons. The minimum Gasteiger partial charge on any atom is -0.382 e. The molecule has 1 atom stereocenters. The highest BCUT2D eigenvalue weighted by Crippen LogP contribution is 2.23. The molecule has 1 rings (SSSR count). The van der Waals surface area contributed by atoms with Crippen LogP contribution in [0.1, 0.15) is 6.92 Å². The summed E-state index contributed by atoms with van der Waals surface area (Å²) in [5.74, 6) is 1.89. The predicted octanol–water partition coefficient (Wildman–Crippen LogP) is 1.88. The highest BCUT2D eigenvalue weighted by atomic mass is 35.5. The van der Waals surface area contributed by atoms with Gasteiger partial charge in [-0.3, -0.25) is 0 Å². The molecule has 0 saturated carbocycles. The van der Waals surface area contributed by atoms with Gasteiger partial charge in [0.05, 0.1) is 0 Å². The lowest BCUT2D eigenvalue weighted by Crippen LogP contribution is -2.19. The third-order valence-electron chi connectivity index (χ3n) is 1.62. The minimum absolute atomic E-state index is 0.303. The van der Waals surface area contributed by atoms with Crippen LogP contribution in [0.15, 0.2) is 6.33 Å². The second kappa shape index (κ2) is 5.26. The van der Waals surface area contributed by atoms with E-state index in [0.717, 1.165) is 5.75 Å². The average Bonchev–Trinajstić information content (AvgIpc) is 2.13. The standard InChI is InChI=1S/C8H13ClN4S/c1-5(3-14-2)13-8-6(9)7(10)11-4-12-8/h4-5H,3H2,1-2H3,(H3,10,11,12,13). The van der Waals surface area contributed by atoms with Crippen molar-refractivity contribution in [2.45, 2.75) is 13.0 Å².